The van der Waals surface area contributed by atoms with E-state index in [4.69, 9.17) is 33.9 Å². The third-order valence-corrected chi connectivity index (χ3v) is 15.0. The molecule has 0 bridgehead atoms. The lowest BCUT2D eigenvalue weighted by Crippen LogP contribution is -2.44. The molecule has 12 rings (SSSR count). The minimum Gasteiger partial charge on any atom is -0.493 e. The van der Waals surface area contributed by atoms with Gasteiger partial charge in [0.05, 0.1) is 42.3 Å². The van der Waals surface area contributed by atoms with Crippen LogP contribution in [0.3, 0.4) is 0 Å². The van der Waals surface area contributed by atoms with E-state index >= 15 is 0 Å². The van der Waals surface area contributed by atoms with Crippen molar-refractivity contribution in [3.05, 3.63) is 132 Å². The second-order valence-electron chi connectivity index (χ2n) is 19.6. The monoisotopic (exact) mass is 953 g/mol. The lowest BCUT2D eigenvalue weighted by molar-refractivity contribution is 0.0601. The van der Waals surface area contributed by atoms with E-state index in [1.165, 1.54) is 19.2 Å². The van der Waals surface area contributed by atoms with Gasteiger partial charge in [0.15, 0.2) is 23.0 Å². The van der Waals surface area contributed by atoms with Crippen LogP contribution in [0.1, 0.15) is 83.9 Å². The number of nitrogens with one attached hydrogen (secondary N) is 2. The Balaban J connectivity index is 0.829. The number of rotatable bonds is 14. The topological polar surface area (TPSA) is 197 Å². The Hall–Kier alpha value is -7.63. The average Bonchev–Trinajstić information content (AvgIpc) is 3.98. The van der Waals surface area contributed by atoms with Crippen molar-refractivity contribution in [2.24, 2.45) is 25.9 Å². The molecule has 3 aliphatic carbocycles. The van der Waals surface area contributed by atoms with Crippen LogP contribution in [-0.4, -0.2) is 86.9 Å². The fraction of sp³-hybridized carbons (Fsp3) is 0.333. The number of ether oxygens (including phenoxy) is 2. The number of oxazole rings is 1. The van der Waals surface area contributed by atoms with Crippen LogP contribution in [0.2, 0.25) is 0 Å². The molecule has 3 aliphatic rings. The molecular weight excluding hydrogens is 902 g/mol. The lowest BCUT2D eigenvalue weighted by atomic mass is 9.56. The standard InChI is InChI=1S/C54H52FN11O5/c1-65-27-57-63-50(65)39-23-36(55)12-13-37(39)34-21-42(59-45(22-34)49-60-40-14-11-32(52(68)70-4)20-43(40)61-49)38-19-33(38)15-30-24-54(25-30,53-64-58-28-66(53)2)35-8-5-7-31(18-35)51-62-44-16-29(17-47(69-3)48(44)71-51)26-56-41-9-6-10-46(41)67/h5,7-8,11-14,16-18,20-23,27-28,30,33,38,41,46,56,67H,6,9-10,15,19,24-26H2,1-4H3,(H,60,61)/t30?,33?,38?,41-,46+,54?/m1/s1. The first-order valence-corrected chi connectivity index (χ1v) is 24.1. The molecule has 360 valence electrons. The molecule has 0 amide bonds. The molecule has 3 fully saturated rings. The number of aliphatic hydroxyl groups excluding tert-OH is 1. The smallest absolute Gasteiger partial charge is 0.337 e. The maximum absolute atomic E-state index is 15.0. The van der Waals surface area contributed by atoms with Gasteiger partial charge in [0.2, 0.25) is 5.89 Å². The molecule has 16 nitrogen and oxygen atoms in total. The number of halogens is 1. The molecule has 9 aromatic rings. The van der Waals surface area contributed by atoms with Crippen LogP contribution >= 0.6 is 0 Å². The van der Waals surface area contributed by atoms with Gasteiger partial charge in [0, 0.05) is 49.4 Å². The first kappa shape index (κ1) is 44.6. The van der Waals surface area contributed by atoms with Gasteiger partial charge in [-0.1, -0.05) is 18.2 Å². The average molecular weight is 954 g/mol. The predicted octanol–water partition coefficient (Wildman–Crippen LogP) is 8.85. The molecule has 4 atom stereocenters. The number of aliphatic hydroxyl groups is 1. The van der Waals surface area contributed by atoms with Crippen LogP contribution in [0.4, 0.5) is 4.39 Å². The first-order valence-electron chi connectivity index (χ1n) is 24.1. The van der Waals surface area contributed by atoms with Crippen LogP contribution < -0.4 is 10.1 Å². The van der Waals surface area contributed by atoms with Gasteiger partial charge in [0.25, 0.3) is 0 Å². The summed E-state index contributed by atoms with van der Waals surface area (Å²) in [6.07, 6.45) is 9.61. The van der Waals surface area contributed by atoms with Crippen molar-refractivity contribution in [3.63, 3.8) is 0 Å². The van der Waals surface area contributed by atoms with Crippen LogP contribution in [0.5, 0.6) is 5.75 Å². The first-order chi connectivity index (χ1) is 34.5. The number of fused-ring (bicyclic) bond motifs is 2. The molecule has 2 unspecified atom stereocenters. The predicted molar refractivity (Wildman–Crippen MR) is 263 cm³/mol. The summed E-state index contributed by atoms with van der Waals surface area (Å²) in [6.45, 7) is 0.587. The van der Waals surface area contributed by atoms with E-state index in [1.54, 1.807) is 48.6 Å². The molecule has 17 heteroatoms. The number of benzene rings is 4. The number of nitrogens with zero attached hydrogens (tertiary/aromatic N) is 9. The Morgan fingerprint density at radius 1 is 0.901 bits per heavy atom. The summed E-state index contributed by atoms with van der Waals surface area (Å²) < 4.78 is 36.0. The van der Waals surface area contributed by atoms with Gasteiger partial charge >= 0.3 is 5.97 Å². The largest absolute Gasteiger partial charge is 0.493 e. The van der Waals surface area contributed by atoms with Crippen molar-refractivity contribution >= 4 is 28.1 Å². The Bertz CT molecular complexity index is 3500. The number of aryl methyl sites for hydroxylation is 2. The van der Waals surface area contributed by atoms with Crippen molar-refractivity contribution in [3.8, 4) is 51.2 Å². The number of imidazole rings is 1. The molecule has 5 heterocycles. The summed E-state index contributed by atoms with van der Waals surface area (Å²) in [5, 5.41) is 31.4. The summed E-state index contributed by atoms with van der Waals surface area (Å²) in [6, 6.07) is 26.6. The minimum absolute atomic E-state index is 0.0779. The van der Waals surface area contributed by atoms with E-state index in [2.05, 4.69) is 49.9 Å². The number of aromatic amines is 1. The number of hydrogen-bond donors (Lipinski definition) is 3. The van der Waals surface area contributed by atoms with Gasteiger partial charge in [0.1, 0.15) is 35.5 Å². The highest BCUT2D eigenvalue weighted by molar-refractivity contribution is 5.94. The maximum Gasteiger partial charge on any atom is 0.337 e. The molecule has 0 aliphatic heterocycles. The zero-order valence-electron chi connectivity index (χ0n) is 39.8. The van der Waals surface area contributed by atoms with Crippen molar-refractivity contribution < 1.29 is 28.2 Å². The van der Waals surface area contributed by atoms with Gasteiger partial charge < -0.3 is 38.4 Å². The molecule has 5 aromatic heterocycles. The zero-order valence-corrected chi connectivity index (χ0v) is 39.8. The summed E-state index contributed by atoms with van der Waals surface area (Å²) in [7, 11) is 6.84. The third kappa shape index (κ3) is 8.11. The minimum atomic E-state index is -0.437. The van der Waals surface area contributed by atoms with Crippen molar-refractivity contribution in [2.45, 2.75) is 75.0 Å². The summed E-state index contributed by atoms with van der Waals surface area (Å²) in [4.78, 5) is 31.0. The van der Waals surface area contributed by atoms with Crippen LogP contribution in [-0.2, 0) is 30.8 Å². The number of esters is 1. The lowest BCUT2D eigenvalue weighted by Gasteiger charge is -2.47. The van der Waals surface area contributed by atoms with E-state index in [1.807, 2.05) is 42.9 Å². The third-order valence-electron chi connectivity index (χ3n) is 15.0. The fourth-order valence-electron chi connectivity index (χ4n) is 11.3. The SMILES string of the molecule is COC(=O)c1ccc2nc(-c3cc(-c4ccc(F)cc4-c4nncn4C)cc(C4CC4CC4CC(c5cccc(-c6nc7cc(CN[C@@H]8CCC[C@@H]8O)cc(OC)c7o6)c5)(c5nncn5C)C4)n3)[nH]c2c1. The number of pyridine rings is 1. The quantitative estimate of drug-likeness (QED) is 0.0875. The number of methoxy groups -OCH3 is 2. The fourth-order valence-corrected chi connectivity index (χ4v) is 11.3. The summed E-state index contributed by atoms with van der Waals surface area (Å²) in [5.74, 6) is 3.32. The second kappa shape index (κ2) is 17.6. The molecule has 3 N–H and O–H groups in total. The summed E-state index contributed by atoms with van der Waals surface area (Å²) in [5.41, 5.74) is 9.52. The maximum atomic E-state index is 15.0. The number of carbonyl (C=O) groups is 1. The highest BCUT2D eigenvalue weighted by Crippen LogP contribution is 2.59. The molecular formula is C54H52FN11O5. The Morgan fingerprint density at radius 3 is 2.54 bits per heavy atom. The number of H-pyrrole nitrogens is 1. The molecule has 71 heavy (non-hydrogen) atoms. The van der Waals surface area contributed by atoms with Crippen molar-refractivity contribution in [2.75, 3.05) is 14.2 Å². The van der Waals surface area contributed by atoms with Gasteiger partial charge in [-0.25, -0.2) is 24.1 Å². The van der Waals surface area contributed by atoms with Crippen LogP contribution in [0, 0.1) is 17.7 Å². The highest BCUT2D eigenvalue weighted by atomic mass is 19.1. The molecule has 0 radical (unpaired) electrons. The number of carbonyl (C=O) groups excluding carboxylic acids is 1. The number of hydrogen-bond acceptors (Lipinski definition) is 13. The van der Waals surface area contributed by atoms with Crippen LogP contribution in [0.25, 0.3) is 67.6 Å². The van der Waals surface area contributed by atoms with E-state index in [0.717, 1.165) is 84.3 Å². The van der Waals surface area contributed by atoms with Crippen molar-refractivity contribution in [1.29, 1.82) is 0 Å². The Kier molecular flexibility index (Phi) is 11.1. The highest BCUT2D eigenvalue weighted by Gasteiger charge is 2.52. The zero-order chi connectivity index (χ0) is 48.5. The summed E-state index contributed by atoms with van der Waals surface area (Å²) >= 11 is 0. The second-order valence-corrected chi connectivity index (χ2v) is 19.6. The van der Waals surface area contributed by atoms with Crippen molar-refractivity contribution in [1.82, 2.24) is 54.8 Å². The molecule has 3 saturated carbocycles. The van der Waals surface area contributed by atoms with Gasteiger partial charge in [-0.05, 0) is 146 Å². The normalized spacial score (nSPS) is 21.7. The van der Waals surface area contributed by atoms with E-state index in [-0.39, 0.29) is 29.3 Å². The molecule has 4 aromatic carbocycles. The van der Waals surface area contributed by atoms with Gasteiger partial charge in [-0.3, -0.25) is 0 Å². The van der Waals surface area contributed by atoms with E-state index < -0.39 is 5.97 Å². The molecule has 0 spiro atoms. The van der Waals surface area contributed by atoms with E-state index in [9.17, 15) is 14.3 Å². The Morgan fingerprint density at radius 2 is 1.76 bits per heavy atom. The van der Waals surface area contributed by atoms with Crippen LogP contribution in [0.15, 0.2) is 102 Å². The van der Waals surface area contributed by atoms with Gasteiger partial charge in [-0.2, -0.15) is 0 Å². The van der Waals surface area contributed by atoms with E-state index in [0.29, 0.717) is 80.6 Å². The Labute approximate surface area is 407 Å². The van der Waals surface area contributed by atoms with Gasteiger partial charge in [-0.15, -0.1) is 20.4 Å². The number of aromatic nitrogens is 10. The molecule has 0 saturated heterocycles.